The molecule has 0 aromatic carbocycles. The summed E-state index contributed by atoms with van der Waals surface area (Å²) in [5.41, 5.74) is 2.99. The summed E-state index contributed by atoms with van der Waals surface area (Å²) in [6.45, 7) is 2.90. The van der Waals surface area contributed by atoms with Crippen molar-refractivity contribution in [1.82, 2.24) is 19.9 Å². The molecular weight excluding hydrogens is 208 g/mol. The van der Waals surface area contributed by atoms with Crippen LogP contribution in [0.15, 0.2) is 29.6 Å². The maximum atomic E-state index is 4.20. The SMILES string of the molecule is c1cn(CCCNCc2cscn2)cn1. The predicted octanol–water partition coefficient (Wildman–Crippen LogP) is 1.52. The lowest BCUT2D eigenvalue weighted by Gasteiger charge is -2.03. The molecule has 0 fully saturated rings. The third-order valence-electron chi connectivity index (χ3n) is 2.12. The summed E-state index contributed by atoms with van der Waals surface area (Å²) in [6.07, 6.45) is 6.75. The molecule has 0 aliphatic rings. The topological polar surface area (TPSA) is 42.7 Å². The summed E-state index contributed by atoms with van der Waals surface area (Å²) in [7, 11) is 0. The van der Waals surface area contributed by atoms with E-state index < -0.39 is 0 Å². The fraction of sp³-hybridized carbons (Fsp3) is 0.400. The number of thiazole rings is 1. The summed E-state index contributed by atoms with van der Waals surface area (Å²) in [5, 5.41) is 5.43. The first-order valence-corrected chi connectivity index (χ1v) is 5.93. The quantitative estimate of drug-likeness (QED) is 0.754. The van der Waals surface area contributed by atoms with Crippen molar-refractivity contribution in [3.05, 3.63) is 35.3 Å². The van der Waals surface area contributed by atoms with E-state index in [9.17, 15) is 0 Å². The molecule has 5 heteroatoms. The Morgan fingerprint density at radius 2 is 2.47 bits per heavy atom. The molecule has 80 valence electrons. The average Bonchev–Trinajstić information content (AvgIpc) is 2.88. The molecule has 0 atom stereocenters. The molecule has 0 saturated carbocycles. The van der Waals surface area contributed by atoms with Crippen molar-refractivity contribution in [2.24, 2.45) is 0 Å². The number of imidazole rings is 1. The minimum atomic E-state index is 0.868. The average molecular weight is 222 g/mol. The molecule has 2 heterocycles. The second-order valence-electron chi connectivity index (χ2n) is 3.31. The summed E-state index contributed by atoms with van der Waals surface area (Å²) < 4.78 is 2.09. The highest BCUT2D eigenvalue weighted by Crippen LogP contribution is 1.99. The zero-order chi connectivity index (χ0) is 10.3. The van der Waals surface area contributed by atoms with E-state index in [1.54, 1.807) is 11.3 Å². The summed E-state index contributed by atoms with van der Waals surface area (Å²) in [5.74, 6) is 0. The van der Waals surface area contributed by atoms with Gasteiger partial charge in [-0.15, -0.1) is 11.3 Å². The van der Waals surface area contributed by atoms with Gasteiger partial charge in [0.15, 0.2) is 0 Å². The minimum Gasteiger partial charge on any atom is -0.337 e. The summed E-state index contributed by atoms with van der Waals surface area (Å²) in [6, 6.07) is 0. The Morgan fingerprint density at radius 1 is 1.47 bits per heavy atom. The van der Waals surface area contributed by atoms with Crippen LogP contribution in [0.5, 0.6) is 0 Å². The monoisotopic (exact) mass is 222 g/mol. The van der Waals surface area contributed by atoms with Gasteiger partial charge in [0.2, 0.25) is 0 Å². The van der Waals surface area contributed by atoms with Crippen LogP contribution in [0, 0.1) is 0 Å². The second kappa shape index (κ2) is 5.63. The van der Waals surface area contributed by atoms with Crippen molar-refractivity contribution < 1.29 is 0 Å². The Bertz CT molecular complexity index is 318. The van der Waals surface area contributed by atoms with E-state index in [1.807, 2.05) is 24.2 Å². The van der Waals surface area contributed by atoms with E-state index in [4.69, 9.17) is 0 Å². The van der Waals surface area contributed by atoms with E-state index in [0.29, 0.717) is 0 Å². The second-order valence-corrected chi connectivity index (χ2v) is 4.03. The first-order valence-electron chi connectivity index (χ1n) is 4.98. The van der Waals surface area contributed by atoms with Crippen molar-refractivity contribution in [3.63, 3.8) is 0 Å². The molecule has 2 rings (SSSR count). The molecule has 0 spiro atoms. The van der Waals surface area contributed by atoms with Crippen LogP contribution in [0.4, 0.5) is 0 Å². The number of aromatic nitrogens is 3. The zero-order valence-corrected chi connectivity index (χ0v) is 9.28. The molecule has 0 unspecified atom stereocenters. The first-order chi connectivity index (χ1) is 7.45. The highest BCUT2D eigenvalue weighted by atomic mass is 32.1. The van der Waals surface area contributed by atoms with Crippen molar-refractivity contribution in [1.29, 1.82) is 0 Å². The normalized spacial score (nSPS) is 10.7. The van der Waals surface area contributed by atoms with Crippen LogP contribution in [0.3, 0.4) is 0 Å². The molecule has 0 saturated heterocycles. The first kappa shape index (κ1) is 10.3. The lowest BCUT2D eigenvalue weighted by atomic mass is 10.4. The van der Waals surface area contributed by atoms with Gasteiger partial charge in [0.05, 0.1) is 17.5 Å². The van der Waals surface area contributed by atoms with Gasteiger partial charge in [0, 0.05) is 30.9 Å². The molecule has 1 N–H and O–H groups in total. The third kappa shape index (κ3) is 3.45. The highest BCUT2D eigenvalue weighted by Gasteiger charge is 1.94. The molecule has 4 nitrogen and oxygen atoms in total. The van der Waals surface area contributed by atoms with Gasteiger partial charge in [0.1, 0.15) is 0 Å². The fourth-order valence-corrected chi connectivity index (χ4v) is 1.91. The standard InChI is InChI=1S/C10H14N4S/c1(4-14-5-3-12-8-14)2-11-6-10-7-15-9-13-10/h3,5,7-9,11H,1-2,4,6H2. The maximum absolute atomic E-state index is 4.20. The van der Waals surface area contributed by atoms with Crippen LogP contribution in [-0.2, 0) is 13.1 Å². The van der Waals surface area contributed by atoms with Crippen molar-refractivity contribution >= 4 is 11.3 Å². The van der Waals surface area contributed by atoms with E-state index in [0.717, 1.165) is 31.7 Å². The van der Waals surface area contributed by atoms with Crippen LogP contribution >= 0.6 is 11.3 Å². The van der Waals surface area contributed by atoms with Crippen LogP contribution < -0.4 is 5.32 Å². The van der Waals surface area contributed by atoms with Crippen molar-refractivity contribution in [3.8, 4) is 0 Å². The molecule has 0 aliphatic heterocycles. The largest absolute Gasteiger partial charge is 0.337 e. The number of nitrogens with zero attached hydrogens (tertiary/aromatic N) is 3. The number of aryl methyl sites for hydroxylation is 1. The van der Waals surface area contributed by atoms with E-state index in [1.165, 1.54) is 0 Å². The summed E-state index contributed by atoms with van der Waals surface area (Å²) in [4.78, 5) is 8.20. The maximum Gasteiger partial charge on any atom is 0.0945 e. The lowest BCUT2D eigenvalue weighted by Crippen LogP contribution is -2.16. The molecule has 0 amide bonds. The molecule has 2 aromatic heterocycles. The Morgan fingerprint density at radius 3 is 3.20 bits per heavy atom. The Labute approximate surface area is 93.0 Å². The molecule has 0 radical (unpaired) electrons. The number of hydrogen-bond acceptors (Lipinski definition) is 4. The van der Waals surface area contributed by atoms with Gasteiger partial charge in [-0.3, -0.25) is 0 Å². The van der Waals surface area contributed by atoms with Gasteiger partial charge in [-0.1, -0.05) is 0 Å². The van der Waals surface area contributed by atoms with Crippen LogP contribution in [-0.4, -0.2) is 21.1 Å². The summed E-state index contributed by atoms with van der Waals surface area (Å²) >= 11 is 1.64. The van der Waals surface area contributed by atoms with Crippen LogP contribution in [0.2, 0.25) is 0 Å². The smallest absolute Gasteiger partial charge is 0.0945 e. The minimum absolute atomic E-state index is 0.868. The molecule has 0 aliphatic carbocycles. The van der Waals surface area contributed by atoms with E-state index in [2.05, 4.69) is 25.2 Å². The van der Waals surface area contributed by atoms with Gasteiger partial charge in [-0.25, -0.2) is 9.97 Å². The number of nitrogens with one attached hydrogen (secondary N) is 1. The van der Waals surface area contributed by atoms with Crippen molar-refractivity contribution in [2.75, 3.05) is 6.54 Å². The van der Waals surface area contributed by atoms with Gasteiger partial charge in [-0.05, 0) is 13.0 Å². The highest BCUT2D eigenvalue weighted by molar-refractivity contribution is 7.07. The van der Waals surface area contributed by atoms with Crippen molar-refractivity contribution in [2.45, 2.75) is 19.5 Å². The molecule has 15 heavy (non-hydrogen) atoms. The van der Waals surface area contributed by atoms with E-state index >= 15 is 0 Å². The van der Waals surface area contributed by atoms with Gasteiger partial charge >= 0.3 is 0 Å². The van der Waals surface area contributed by atoms with Crippen LogP contribution in [0.25, 0.3) is 0 Å². The Balaban J connectivity index is 1.56. The number of hydrogen-bond donors (Lipinski definition) is 1. The molecule has 0 bridgehead atoms. The fourth-order valence-electron chi connectivity index (χ4n) is 1.35. The predicted molar refractivity (Wildman–Crippen MR) is 60.7 cm³/mol. The van der Waals surface area contributed by atoms with Crippen LogP contribution in [0.1, 0.15) is 12.1 Å². The van der Waals surface area contributed by atoms with Gasteiger partial charge in [-0.2, -0.15) is 0 Å². The lowest BCUT2D eigenvalue weighted by molar-refractivity contribution is 0.578. The third-order valence-corrected chi connectivity index (χ3v) is 2.75. The Hall–Kier alpha value is -1.20. The Kier molecular flexibility index (Phi) is 3.87. The van der Waals surface area contributed by atoms with Gasteiger partial charge < -0.3 is 9.88 Å². The zero-order valence-electron chi connectivity index (χ0n) is 8.47. The molecular formula is C10H14N4S. The molecule has 2 aromatic rings. The number of rotatable bonds is 6. The van der Waals surface area contributed by atoms with Gasteiger partial charge in [0.25, 0.3) is 0 Å². The van der Waals surface area contributed by atoms with E-state index in [-0.39, 0.29) is 0 Å².